The summed E-state index contributed by atoms with van der Waals surface area (Å²) in [4.78, 5) is 26.0. The molecule has 1 aromatic carbocycles. The van der Waals surface area contributed by atoms with Crippen LogP contribution in [0.4, 0.5) is 5.69 Å². The Bertz CT molecular complexity index is 752. The monoisotopic (exact) mass is 304 g/mol. The fourth-order valence-electron chi connectivity index (χ4n) is 2.10. The molecule has 0 saturated carbocycles. The van der Waals surface area contributed by atoms with Crippen molar-refractivity contribution in [1.29, 1.82) is 0 Å². The number of aromatic nitrogens is 2. The van der Waals surface area contributed by atoms with Gasteiger partial charge in [0.25, 0.3) is 5.56 Å². The van der Waals surface area contributed by atoms with Gasteiger partial charge in [0, 0.05) is 6.07 Å². The number of H-pyrrole nitrogens is 1. The van der Waals surface area contributed by atoms with Gasteiger partial charge in [-0.3, -0.25) is 9.78 Å². The Kier molecular flexibility index (Phi) is 4.54. The number of benzene rings is 1. The summed E-state index contributed by atoms with van der Waals surface area (Å²) in [6.07, 6.45) is 1.34. The van der Waals surface area contributed by atoms with Crippen LogP contribution in [-0.2, 0) is 6.42 Å². The first kappa shape index (κ1) is 15.0. The largest absolute Gasteiger partial charge is 0.374 e. The van der Waals surface area contributed by atoms with Crippen molar-refractivity contribution in [3.63, 3.8) is 0 Å². The number of aromatic amines is 1. The maximum absolute atomic E-state index is 12.2. The van der Waals surface area contributed by atoms with Gasteiger partial charge in [0.05, 0.1) is 11.4 Å². The number of aryl methyl sites for hydroxylation is 1. The minimum Gasteiger partial charge on any atom is -0.374 e. The van der Waals surface area contributed by atoms with Crippen molar-refractivity contribution in [2.75, 3.05) is 5.01 Å². The standard InChI is InChI=1S/C14H16N4O2S/c1-2-6-11-9-12(19)16-14(20)18(11)17(13(15)21)10-7-4-3-5-8-10/h3-5,7-9H,2,6H2,1H3,(H2,15,21)(H,16,19,20). The number of anilines is 1. The molecule has 0 spiro atoms. The molecule has 7 heteroatoms. The molecular formula is C14H16N4O2S. The molecule has 0 radical (unpaired) electrons. The molecule has 0 fully saturated rings. The molecular weight excluding hydrogens is 288 g/mol. The highest BCUT2D eigenvalue weighted by Gasteiger charge is 2.17. The molecule has 2 rings (SSSR count). The van der Waals surface area contributed by atoms with Crippen LogP contribution < -0.4 is 22.0 Å². The van der Waals surface area contributed by atoms with E-state index in [9.17, 15) is 9.59 Å². The molecule has 0 saturated heterocycles. The van der Waals surface area contributed by atoms with Gasteiger partial charge in [-0.2, -0.15) is 4.68 Å². The fraction of sp³-hybridized carbons (Fsp3) is 0.214. The van der Waals surface area contributed by atoms with Crippen LogP contribution in [0.15, 0.2) is 46.0 Å². The molecule has 1 aromatic heterocycles. The van der Waals surface area contributed by atoms with Crippen LogP contribution >= 0.6 is 12.2 Å². The number of nitrogens with zero attached hydrogens (tertiary/aromatic N) is 2. The molecule has 0 aliphatic heterocycles. The van der Waals surface area contributed by atoms with Gasteiger partial charge in [-0.15, -0.1) is 0 Å². The van der Waals surface area contributed by atoms with Crippen LogP contribution in [0.3, 0.4) is 0 Å². The van der Waals surface area contributed by atoms with E-state index in [0.29, 0.717) is 17.8 Å². The molecule has 0 aliphatic rings. The minimum atomic E-state index is -0.567. The van der Waals surface area contributed by atoms with Crippen LogP contribution in [-0.4, -0.2) is 14.8 Å². The summed E-state index contributed by atoms with van der Waals surface area (Å²) in [5, 5.41) is 1.44. The number of nitrogens with two attached hydrogens (primary N) is 1. The summed E-state index contributed by atoms with van der Waals surface area (Å²) in [7, 11) is 0. The molecule has 0 bridgehead atoms. The quantitative estimate of drug-likeness (QED) is 0.823. The number of thiocarbonyl (C=S) groups is 1. The van der Waals surface area contributed by atoms with Gasteiger partial charge in [0.1, 0.15) is 0 Å². The van der Waals surface area contributed by atoms with E-state index in [1.807, 2.05) is 25.1 Å². The molecule has 1 heterocycles. The van der Waals surface area contributed by atoms with Gasteiger partial charge >= 0.3 is 5.69 Å². The van der Waals surface area contributed by atoms with Crippen LogP contribution in [0.1, 0.15) is 19.0 Å². The van der Waals surface area contributed by atoms with Crippen LogP contribution in [0.5, 0.6) is 0 Å². The van der Waals surface area contributed by atoms with Gasteiger partial charge < -0.3 is 5.73 Å². The van der Waals surface area contributed by atoms with Gasteiger partial charge in [0.15, 0.2) is 5.11 Å². The first-order valence-corrected chi connectivity index (χ1v) is 6.95. The zero-order valence-electron chi connectivity index (χ0n) is 11.6. The molecule has 3 N–H and O–H groups in total. The Morgan fingerprint density at radius 1 is 1.33 bits per heavy atom. The van der Waals surface area contributed by atoms with E-state index in [1.54, 1.807) is 12.1 Å². The highest BCUT2D eigenvalue weighted by Crippen LogP contribution is 2.14. The predicted octanol–water partition coefficient (Wildman–Crippen LogP) is 1.00. The third kappa shape index (κ3) is 3.19. The van der Waals surface area contributed by atoms with Crippen molar-refractivity contribution in [1.82, 2.24) is 9.66 Å². The molecule has 21 heavy (non-hydrogen) atoms. The van der Waals surface area contributed by atoms with Gasteiger partial charge in [-0.05, 0) is 30.8 Å². The van der Waals surface area contributed by atoms with Crippen molar-refractivity contribution in [3.8, 4) is 0 Å². The van der Waals surface area contributed by atoms with Crippen molar-refractivity contribution in [2.24, 2.45) is 5.73 Å². The van der Waals surface area contributed by atoms with Crippen LogP contribution in [0.2, 0.25) is 0 Å². The second-order valence-corrected chi connectivity index (χ2v) is 4.90. The lowest BCUT2D eigenvalue weighted by Gasteiger charge is -2.26. The van der Waals surface area contributed by atoms with Crippen molar-refractivity contribution in [2.45, 2.75) is 19.8 Å². The summed E-state index contributed by atoms with van der Waals surface area (Å²) in [5.41, 5.74) is 5.98. The summed E-state index contributed by atoms with van der Waals surface area (Å²) >= 11 is 5.07. The molecule has 2 aromatic rings. The lowest BCUT2D eigenvalue weighted by molar-refractivity contribution is 0.682. The number of para-hydroxylation sites is 1. The normalized spacial score (nSPS) is 10.3. The van der Waals surface area contributed by atoms with Crippen molar-refractivity contribution in [3.05, 3.63) is 62.9 Å². The van der Waals surface area contributed by atoms with Crippen LogP contribution in [0, 0.1) is 0 Å². The van der Waals surface area contributed by atoms with Gasteiger partial charge in [-0.1, -0.05) is 31.5 Å². The smallest absolute Gasteiger partial charge is 0.348 e. The molecule has 0 aliphatic carbocycles. The van der Waals surface area contributed by atoms with E-state index in [1.165, 1.54) is 15.8 Å². The maximum Gasteiger partial charge on any atom is 0.348 e. The third-order valence-corrected chi connectivity index (χ3v) is 3.08. The molecule has 0 atom stereocenters. The zero-order chi connectivity index (χ0) is 15.4. The second kappa shape index (κ2) is 6.36. The van der Waals surface area contributed by atoms with E-state index >= 15 is 0 Å². The minimum absolute atomic E-state index is 0.0210. The Morgan fingerprint density at radius 2 is 2.00 bits per heavy atom. The average molecular weight is 304 g/mol. The molecule has 110 valence electrons. The van der Waals surface area contributed by atoms with Gasteiger partial charge in [0.2, 0.25) is 0 Å². The fourth-order valence-corrected chi connectivity index (χ4v) is 2.29. The highest BCUT2D eigenvalue weighted by atomic mass is 32.1. The highest BCUT2D eigenvalue weighted by molar-refractivity contribution is 7.80. The summed E-state index contributed by atoms with van der Waals surface area (Å²) in [5.74, 6) is 0. The maximum atomic E-state index is 12.2. The first-order chi connectivity index (χ1) is 10.0. The lowest BCUT2D eigenvalue weighted by atomic mass is 10.2. The predicted molar refractivity (Wildman–Crippen MR) is 86.4 cm³/mol. The van der Waals surface area contributed by atoms with E-state index in [0.717, 1.165) is 6.42 Å². The molecule has 0 unspecified atom stereocenters. The number of hydrogen-bond acceptors (Lipinski definition) is 3. The van der Waals surface area contributed by atoms with E-state index in [4.69, 9.17) is 18.0 Å². The topological polar surface area (TPSA) is 84.1 Å². The Morgan fingerprint density at radius 3 is 2.57 bits per heavy atom. The Balaban J connectivity index is 2.69. The van der Waals surface area contributed by atoms with Crippen LogP contribution in [0.25, 0.3) is 0 Å². The Labute approximate surface area is 126 Å². The average Bonchev–Trinajstić information content (AvgIpc) is 2.43. The number of rotatable bonds is 4. The molecule has 0 amide bonds. The number of hydrogen-bond donors (Lipinski definition) is 2. The third-order valence-electron chi connectivity index (χ3n) is 2.91. The SMILES string of the molecule is CCCc1cc(=O)[nH]c(=O)n1N(C(N)=S)c1ccccc1. The number of nitrogens with one attached hydrogen (secondary N) is 1. The zero-order valence-corrected chi connectivity index (χ0v) is 12.4. The van der Waals surface area contributed by atoms with Crippen molar-refractivity contribution >= 4 is 23.0 Å². The summed E-state index contributed by atoms with van der Waals surface area (Å²) < 4.78 is 1.31. The van der Waals surface area contributed by atoms with E-state index in [-0.39, 0.29) is 5.11 Å². The van der Waals surface area contributed by atoms with E-state index < -0.39 is 11.2 Å². The van der Waals surface area contributed by atoms with Gasteiger partial charge in [-0.25, -0.2) is 9.80 Å². The lowest BCUT2D eigenvalue weighted by Crippen LogP contribution is -2.49. The molecule has 6 nitrogen and oxygen atoms in total. The van der Waals surface area contributed by atoms with Crippen molar-refractivity contribution < 1.29 is 0 Å². The second-order valence-electron chi connectivity index (χ2n) is 4.48. The summed E-state index contributed by atoms with van der Waals surface area (Å²) in [6, 6.07) is 10.4. The first-order valence-electron chi connectivity index (χ1n) is 6.54. The Hall–Kier alpha value is -2.41. The summed E-state index contributed by atoms with van der Waals surface area (Å²) in [6.45, 7) is 1.96. The van der Waals surface area contributed by atoms with E-state index in [2.05, 4.69) is 4.98 Å².